The van der Waals surface area contributed by atoms with Crippen LogP contribution >= 0.6 is 0 Å². The van der Waals surface area contributed by atoms with E-state index in [1.54, 1.807) is 0 Å². The smallest absolute Gasteiger partial charge is 0.231 e. The SMILES string of the molecule is O=C(Cc1cccc(-c2ccc3c(c2)CCO3)n1)C1(c2ccc3c(c2)OCO3)CC1. The highest BCUT2D eigenvalue weighted by Gasteiger charge is 2.51. The number of pyridine rings is 1. The number of carbonyl (C=O) groups is 1. The number of ether oxygens (including phenoxy) is 3. The summed E-state index contributed by atoms with van der Waals surface area (Å²) in [4.78, 5) is 18.1. The van der Waals surface area contributed by atoms with E-state index < -0.39 is 5.41 Å². The molecule has 5 heteroatoms. The lowest BCUT2D eigenvalue weighted by Gasteiger charge is -2.15. The van der Waals surface area contributed by atoms with Gasteiger partial charge in [-0.3, -0.25) is 9.78 Å². The van der Waals surface area contributed by atoms with Gasteiger partial charge in [0.15, 0.2) is 11.5 Å². The molecule has 2 aromatic carbocycles. The molecule has 0 unspecified atom stereocenters. The molecule has 30 heavy (non-hydrogen) atoms. The largest absolute Gasteiger partial charge is 0.493 e. The molecule has 1 aliphatic carbocycles. The fourth-order valence-electron chi connectivity index (χ4n) is 4.47. The molecule has 2 aliphatic heterocycles. The molecule has 5 nitrogen and oxygen atoms in total. The highest BCUT2D eigenvalue weighted by molar-refractivity contribution is 5.94. The van der Waals surface area contributed by atoms with Gasteiger partial charge < -0.3 is 14.2 Å². The second-order valence-electron chi connectivity index (χ2n) is 8.19. The van der Waals surface area contributed by atoms with Crippen molar-refractivity contribution in [1.82, 2.24) is 4.98 Å². The Kier molecular flexibility index (Phi) is 3.85. The number of Topliss-reactive ketones (excluding diaryl/α,β-unsaturated/α-hetero) is 1. The van der Waals surface area contributed by atoms with Gasteiger partial charge in [-0.15, -0.1) is 0 Å². The molecule has 1 fully saturated rings. The molecule has 0 N–H and O–H groups in total. The van der Waals surface area contributed by atoms with E-state index in [0.29, 0.717) is 6.42 Å². The summed E-state index contributed by atoms with van der Waals surface area (Å²) in [5.41, 5.74) is 4.58. The van der Waals surface area contributed by atoms with Gasteiger partial charge in [-0.25, -0.2) is 0 Å². The summed E-state index contributed by atoms with van der Waals surface area (Å²) in [7, 11) is 0. The van der Waals surface area contributed by atoms with E-state index in [4.69, 9.17) is 19.2 Å². The summed E-state index contributed by atoms with van der Waals surface area (Å²) in [5, 5.41) is 0. The molecule has 0 spiro atoms. The normalized spacial score (nSPS) is 17.3. The van der Waals surface area contributed by atoms with Crippen molar-refractivity contribution in [1.29, 1.82) is 0 Å². The van der Waals surface area contributed by atoms with E-state index in [1.807, 2.05) is 48.5 Å². The molecule has 3 aliphatic rings. The summed E-state index contributed by atoms with van der Waals surface area (Å²) >= 11 is 0. The fraction of sp³-hybridized carbons (Fsp3) is 0.280. The number of benzene rings is 2. The Hall–Kier alpha value is -3.34. The zero-order chi connectivity index (χ0) is 20.1. The van der Waals surface area contributed by atoms with Crippen molar-refractivity contribution in [3.63, 3.8) is 0 Å². The van der Waals surface area contributed by atoms with Crippen LogP contribution in [0.1, 0.15) is 29.7 Å². The lowest BCUT2D eigenvalue weighted by molar-refractivity contribution is -0.120. The Balaban J connectivity index is 1.25. The zero-order valence-electron chi connectivity index (χ0n) is 16.5. The van der Waals surface area contributed by atoms with Gasteiger partial charge in [0, 0.05) is 24.1 Å². The molecular weight excluding hydrogens is 378 g/mol. The van der Waals surface area contributed by atoms with E-state index in [-0.39, 0.29) is 12.6 Å². The van der Waals surface area contributed by atoms with Crippen LogP contribution in [0.3, 0.4) is 0 Å². The van der Waals surface area contributed by atoms with Gasteiger partial charge in [0.2, 0.25) is 6.79 Å². The van der Waals surface area contributed by atoms with Crippen LogP contribution in [0.4, 0.5) is 0 Å². The summed E-state index contributed by atoms with van der Waals surface area (Å²) in [6, 6.07) is 18.0. The van der Waals surface area contributed by atoms with E-state index in [2.05, 4.69) is 6.07 Å². The molecule has 150 valence electrons. The lowest BCUT2D eigenvalue weighted by atomic mass is 9.88. The average Bonchev–Trinajstić information content (AvgIpc) is 3.23. The van der Waals surface area contributed by atoms with Gasteiger partial charge in [-0.1, -0.05) is 12.1 Å². The second-order valence-corrected chi connectivity index (χ2v) is 8.19. The Morgan fingerprint density at radius 3 is 2.70 bits per heavy atom. The molecular formula is C25H21NO4. The maximum atomic E-state index is 13.3. The molecule has 0 radical (unpaired) electrons. The van der Waals surface area contributed by atoms with Crippen molar-refractivity contribution in [3.8, 4) is 28.5 Å². The van der Waals surface area contributed by atoms with Crippen molar-refractivity contribution in [2.24, 2.45) is 0 Å². The van der Waals surface area contributed by atoms with Crippen molar-refractivity contribution in [2.45, 2.75) is 31.1 Å². The Morgan fingerprint density at radius 2 is 1.80 bits per heavy atom. The third kappa shape index (κ3) is 2.84. The predicted molar refractivity (Wildman–Crippen MR) is 111 cm³/mol. The van der Waals surface area contributed by atoms with E-state index in [1.165, 1.54) is 5.56 Å². The average molecular weight is 399 g/mol. The number of nitrogens with zero attached hydrogens (tertiary/aromatic N) is 1. The Labute approximate surface area is 174 Å². The highest BCUT2D eigenvalue weighted by atomic mass is 16.7. The number of rotatable bonds is 5. The number of ketones is 1. The minimum Gasteiger partial charge on any atom is -0.493 e. The monoisotopic (exact) mass is 399 g/mol. The summed E-state index contributed by atoms with van der Waals surface area (Å²) in [5.74, 6) is 2.65. The maximum absolute atomic E-state index is 13.3. The van der Waals surface area contributed by atoms with Gasteiger partial charge in [0.1, 0.15) is 11.5 Å². The molecule has 0 saturated heterocycles. The molecule has 0 bridgehead atoms. The number of hydrogen-bond acceptors (Lipinski definition) is 5. The number of hydrogen-bond donors (Lipinski definition) is 0. The molecule has 1 saturated carbocycles. The maximum Gasteiger partial charge on any atom is 0.231 e. The molecule has 0 atom stereocenters. The van der Waals surface area contributed by atoms with E-state index in [9.17, 15) is 4.79 Å². The fourth-order valence-corrected chi connectivity index (χ4v) is 4.47. The third-order valence-electron chi connectivity index (χ3n) is 6.34. The van der Waals surface area contributed by atoms with Gasteiger partial charge in [0.25, 0.3) is 0 Å². The van der Waals surface area contributed by atoms with Crippen molar-refractivity contribution < 1.29 is 19.0 Å². The number of fused-ring (bicyclic) bond motifs is 2. The molecule has 0 amide bonds. The molecule has 3 heterocycles. The summed E-state index contributed by atoms with van der Waals surface area (Å²) < 4.78 is 16.5. The van der Waals surface area contributed by atoms with E-state index in [0.717, 1.165) is 65.6 Å². The van der Waals surface area contributed by atoms with Crippen LogP contribution in [-0.4, -0.2) is 24.2 Å². The summed E-state index contributed by atoms with van der Waals surface area (Å²) in [6.45, 7) is 0.980. The zero-order valence-corrected chi connectivity index (χ0v) is 16.5. The Bertz CT molecular complexity index is 1170. The minimum atomic E-state index is -0.413. The van der Waals surface area contributed by atoms with Gasteiger partial charge in [-0.2, -0.15) is 0 Å². The summed E-state index contributed by atoms with van der Waals surface area (Å²) in [6.07, 6.45) is 3.00. The first-order valence-corrected chi connectivity index (χ1v) is 10.4. The van der Waals surface area contributed by atoms with E-state index >= 15 is 0 Å². The highest BCUT2D eigenvalue weighted by Crippen LogP contribution is 2.51. The first-order chi connectivity index (χ1) is 14.7. The van der Waals surface area contributed by atoms with Crippen LogP contribution < -0.4 is 14.2 Å². The van der Waals surface area contributed by atoms with Crippen molar-refractivity contribution in [3.05, 3.63) is 71.4 Å². The number of carbonyl (C=O) groups excluding carboxylic acids is 1. The molecule has 3 aromatic rings. The second kappa shape index (κ2) is 6.59. The van der Waals surface area contributed by atoms with Crippen LogP contribution in [0.2, 0.25) is 0 Å². The minimum absolute atomic E-state index is 0.216. The number of aromatic nitrogens is 1. The molecule has 1 aromatic heterocycles. The van der Waals surface area contributed by atoms with Crippen molar-refractivity contribution in [2.75, 3.05) is 13.4 Å². The molecule has 6 rings (SSSR count). The van der Waals surface area contributed by atoms with Crippen LogP contribution in [0.15, 0.2) is 54.6 Å². The first-order valence-electron chi connectivity index (χ1n) is 10.4. The standard InChI is InChI=1S/C25H21NO4/c27-24(25(9-10-25)18-5-7-22-23(13-18)30-15-29-22)14-19-2-1-3-20(26-19)16-4-6-21-17(12-16)8-11-28-21/h1-7,12-13H,8-11,14-15H2. The quantitative estimate of drug-likeness (QED) is 0.642. The topological polar surface area (TPSA) is 57.7 Å². The van der Waals surface area contributed by atoms with Crippen LogP contribution in [0.25, 0.3) is 11.3 Å². The van der Waals surface area contributed by atoms with Crippen LogP contribution in [0.5, 0.6) is 17.2 Å². The van der Waals surface area contributed by atoms with Gasteiger partial charge in [0.05, 0.1) is 17.7 Å². The first kappa shape index (κ1) is 17.5. The third-order valence-corrected chi connectivity index (χ3v) is 6.34. The van der Waals surface area contributed by atoms with Crippen LogP contribution in [-0.2, 0) is 23.1 Å². The van der Waals surface area contributed by atoms with Crippen molar-refractivity contribution >= 4 is 5.78 Å². The lowest BCUT2D eigenvalue weighted by Crippen LogP contribution is -2.23. The van der Waals surface area contributed by atoms with Gasteiger partial charge in [-0.05, 0) is 66.4 Å². The predicted octanol–water partition coefficient (Wildman–Crippen LogP) is 4.26. The van der Waals surface area contributed by atoms with Crippen LogP contribution in [0, 0.1) is 0 Å². The van der Waals surface area contributed by atoms with Gasteiger partial charge >= 0.3 is 0 Å². The Morgan fingerprint density at radius 1 is 0.933 bits per heavy atom.